The first-order chi connectivity index (χ1) is 9.66. The Morgan fingerprint density at radius 2 is 1.05 bits per heavy atom. The molecule has 0 aromatic carbocycles. The molecule has 0 saturated carbocycles. The van der Waals surface area contributed by atoms with Crippen LogP contribution in [0.5, 0.6) is 0 Å². The van der Waals surface area contributed by atoms with Crippen molar-refractivity contribution in [2.45, 2.75) is 92.7 Å². The van der Waals surface area contributed by atoms with E-state index in [1.165, 1.54) is 12.8 Å². The van der Waals surface area contributed by atoms with Crippen molar-refractivity contribution >= 4 is 7.12 Å². The minimum Gasteiger partial charge on any atom is -0.402 e. The summed E-state index contributed by atoms with van der Waals surface area (Å²) in [5, 5.41) is 0. The molecular formula is C18H37BO2. The van der Waals surface area contributed by atoms with Crippen LogP contribution in [0.4, 0.5) is 0 Å². The second kappa shape index (κ2) is 7.04. The van der Waals surface area contributed by atoms with E-state index in [4.69, 9.17) is 9.31 Å². The van der Waals surface area contributed by atoms with Gasteiger partial charge < -0.3 is 9.31 Å². The Bertz CT molecular complexity index is 279. The van der Waals surface area contributed by atoms with Gasteiger partial charge in [0.2, 0.25) is 0 Å². The van der Waals surface area contributed by atoms with Crippen molar-refractivity contribution < 1.29 is 9.31 Å². The highest BCUT2D eigenvalue weighted by atomic mass is 16.7. The first-order valence-electron chi connectivity index (χ1n) is 9.02. The van der Waals surface area contributed by atoms with Crippen LogP contribution in [0.3, 0.4) is 0 Å². The summed E-state index contributed by atoms with van der Waals surface area (Å²) in [6.07, 6.45) is 3.37. The van der Waals surface area contributed by atoms with Gasteiger partial charge in [0.1, 0.15) is 0 Å². The summed E-state index contributed by atoms with van der Waals surface area (Å²) in [6, 6.07) is 0. The molecule has 1 fully saturated rings. The van der Waals surface area contributed by atoms with Gasteiger partial charge in [-0.05, 0) is 30.0 Å². The first-order valence-corrected chi connectivity index (χ1v) is 9.02. The summed E-state index contributed by atoms with van der Waals surface area (Å²) < 4.78 is 13.4. The molecule has 0 spiro atoms. The van der Waals surface area contributed by atoms with Crippen LogP contribution in [0.1, 0.15) is 75.2 Å². The summed E-state index contributed by atoms with van der Waals surface area (Å²) in [6.45, 7) is 20.6. The van der Waals surface area contributed by atoms with Crippen LogP contribution in [-0.4, -0.2) is 18.3 Å². The summed E-state index contributed by atoms with van der Waals surface area (Å²) in [5.74, 6) is 1.76. The number of rotatable bonds is 7. The average molecular weight is 296 g/mol. The van der Waals surface area contributed by atoms with Gasteiger partial charge in [0, 0.05) is 0 Å². The van der Waals surface area contributed by atoms with Gasteiger partial charge in [-0.3, -0.25) is 0 Å². The molecular weight excluding hydrogens is 259 g/mol. The maximum absolute atomic E-state index is 6.69. The van der Waals surface area contributed by atoms with Gasteiger partial charge in [0.05, 0.1) is 11.2 Å². The second-order valence-corrected chi connectivity index (χ2v) is 8.01. The molecule has 1 saturated heterocycles. The molecule has 0 amide bonds. The fourth-order valence-electron chi connectivity index (χ4n) is 4.81. The molecule has 0 aliphatic carbocycles. The van der Waals surface area contributed by atoms with Crippen LogP contribution in [0.25, 0.3) is 0 Å². The average Bonchev–Trinajstić information content (AvgIpc) is 2.73. The minimum atomic E-state index is -0.201. The Labute approximate surface area is 133 Å². The molecule has 2 nitrogen and oxygen atoms in total. The lowest BCUT2D eigenvalue weighted by Crippen LogP contribution is -2.64. The highest BCUT2D eigenvalue weighted by molar-refractivity contribution is 6.45. The van der Waals surface area contributed by atoms with Crippen molar-refractivity contribution in [3.05, 3.63) is 0 Å². The molecule has 0 unspecified atom stereocenters. The van der Waals surface area contributed by atoms with Crippen molar-refractivity contribution in [3.8, 4) is 0 Å². The van der Waals surface area contributed by atoms with E-state index in [0.29, 0.717) is 23.7 Å². The van der Waals surface area contributed by atoms with Gasteiger partial charge in [-0.25, -0.2) is 0 Å². The standard InChI is InChI=1S/C18H37BO2/c1-10-11-12-19-20-17(13(2)3,14(4)5)18(21-19,15(6)7)16(8)9/h13-16H,10-12H2,1-9H3. The van der Waals surface area contributed by atoms with E-state index in [0.717, 1.165) is 6.32 Å². The molecule has 0 radical (unpaired) electrons. The third kappa shape index (κ3) is 2.93. The van der Waals surface area contributed by atoms with Gasteiger partial charge in [-0.15, -0.1) is 0 Å². The molecule has 1 aliphatic heterocycles. The normalized spacial score (nSPS) is 21.3. The predicted molar refractivity (Wildman–Crippen MR) is 92.5 cm³/mol. The van der Waals surface area contributed by atoms with Gasteiger partial charge in [0.15, 0.2) is 0 Å². The van der Waals surface area contributed by atoms with Crippen LogP contribution in [-0.2, 0) is 9.31 Å². The van der Waals surface area contributed by atoms with Gasteiger partial charge in [-0.2, -0.15) is 0 Å². The number of hydrogen-bond acceptors (Lipinski definition) is 2. The summed E-state index contributed by atoms with van der Waals surface area (Å²) in [5.41, 5.74) is -0.401. The molecule has 0 aromatic heterocycles. The Morgan fingerprint density at radius 1 is 0.714 bits per heavy atom. The first kappa shape index (κ1) is 19.0. The molecule has 0 N–H and O–H groups in total. The van der Waals surface area contributed by atoms with Crippen LogP contribution in [0, 0.1) is 23.7 Å². The monoisotopic (exact) mass is 296 g/mol. The molecule has 1 heterocycles. The van der Waals surface area contributed by atoms with Crippen molar-refractivity contribution in [2.24, 2.45) is 23.7 Å². The highest BCUT2D eigenvalue weighted by Gasteiger charge is 2.66. The Kier molecular flexibility index (Phi) is 6.38. The van der Waals surface area contributed by atoms with E-state index in [2.05, 4.69) is 62.3 Å². The summed E-state index contributed by atoms with van der Waals surface area (Å²) >= 11 is 0. The second-order valence-electron chi connectivity index (χ2n) is 8.01. The van der Waals surface area contributed by atoms with Crippen molar-refractivity contribution in [3.63, 3.8) is 0 Å². The zero-order valence-corrected chi connectivity index (χ0v) is 15.8. The van der Waals surface area contributed by atoms with Crippen molar-refractivity contribution in [1.82, 2.24) is 0 Å². The fourth-order valence-corrected chi connectivity index (χ4v) is 4.81. The van der Waals surface area contributed by atoms with Gasteiger partial charge >= 0.3 is 7.12 Å². The van der Waals surface area contributed by atoms with E-state index in [-0.39, 0.29) is 18.3 Å². The maximum atomic E-state index is 6.69. The zero-order valence-electron chi connectivity index (χ0n) is 15.8. The molecule has 1 rings (SSSR count). The Hall–Kier alpha value is -0.0151. The fraction of sp³-hybridized carbons (Fsp3) is 1.00. The largest absolute Gasteiger partial charge is 0.457 e. The molecule has 21 heavy (non-hydrogen) atoms. The number of unbranched alkanes of at least 4 members (excludes halogenated alkanes) is 1. The van der Waals surface area contributed by atoms with E-state index in [1.807, 2.05) is 0 Å². The Morgan fingerprint density at radius 3 is 1.29 bits per heavy atom. The van der Waals surface area contributed by atoms with E-state index in [9.17, 15) is 0 Å². The quantitative estimate of drug-likeness (QED) is 0.584. The van der Waals surface area contributed by atoms with E-state index >= 15 is 0 Å². The maximum Gasteiger partial charge on any atom is 0.457 e. The molecule has 0 atom stereocenters. The number of hydrogen-bond donors (Lipinski definition) is 0. The third-order valence-corrected chi connectivity index (χ3v) is 5.49. The lowest BCUT2D eigenvalue weighted by atomic mass is 9.60. The van der Waals surface area contributed by atoms with Crippen LogP contribution >= 0.6 is 0 Å². The molecule has 1 aliphatic rings. The van der Waals surface area contributed by atoms with Gasteiger partial charge in [-0.1, -0.05) is 75.2 Å². The zero-order chi connectivity index (χ0) is 16.4. The predicted octanol–water partition coefficient (Wildman–Crippen LogP) is 5.42. The minimum absolute atomic E-state index is 0.0421. The SMILES string of the molecule is CCCCB1OC(C(C)C)(C(C)C)C(C(C)C)(C(C)C)O1. The lowest BCUT2D eigenvalue weighted by molar-refractivity contribution is -0.158. The van der Waals surface area contributed by atoms with E-state index in [1.54, 1.807) is 0 Å². The van der Waals surface area contributed by atoms with Crippen LogP contribution < -0.4 is 0 Å². The van der Waals surface area contributed by atoms with Crippen molar-refractivity contribution in [1.29, 1.82) is 0 Å². The van der Waals surface area contributed by atoms with Crippen LogP contribution in [0.2, 0.25) is 6.32 Å². The molecule has 3 heteroatoms. The third-order valence-electron chi connectivity index (χ3n) is 5.49. The van der Waals surface area contributed by atoms with Crippen molar-refractivity contribution in [2.75, 3.05) is 0 Å². The molecule has 124 valence electrons. The lowest BCUT2D eigenvalue weighted by Gasteiger charge is -2.54. The highest BCUT2D eigenvalue weighted by Crippen LogP contribution is 2.55. The summed E-state index contributed by atoms with van der Waals surface area (Å²) in [7, 11) is -0.0421. The topological polar surface area (TPSA) is 18.5 Å². The Balaban J connectivity index is 3.32. The summed E-state index contributed by atoms with van der Waals surface area (Å²) in [4.78, 5) is 0. The molecule has 0 bridgehead atoms. The van der Waals surface area contributed by atoms with Crippen LogP contribution in [0.15, 0.2) is 0 Å². The van der Waals surface area contributed by atoms with Gasteiger partial charge in [0.25, 0.3) is 0 Å². The van der Waals surface area contributed by atoms with E-state index < -0.39 is 0 Å². The smallest absolute Gasteiger partial charge is 0.402 e. The molecule has 0 aromatic rings.